The number of aliphatic hydroxyl groups excluding tert-OH is 2. The van der Waals surface area contributed by atoms with Crippen molar-refractivity contribution in [2.45, 2.75) is 110 Å². The summed E-state index contributed by atoms with van der Waals surface area (Å²) in [5.74, 6) is -0.280. The van der Waals surface area contributed by atoms with Crippen molar-refractivity contribution in [2.75, 3.05) is 5.73 Å². The third-order valence-electron chi connectivity index (χ3n) is 7.90. The molecule has 22 heteroatoms. The number of hydrogen-bond acceptors (Lipinski definition) is 13. The Morgan fingerprint density at radius 2 is 1.46 bits per heavy atom. The van der Waals surface area contributed by atoms with Gasteiger partial charge in [-0.25, -0.2) is 18.7 Å². The number of aliphatic hydroxyl groups is 2. The topological polar surface area (TPSA) is 299 Å². The first-order chi connectivity index (χ1) is 24.1. The number of nitrogens with two attached hydrogens (primary N) is 1. The molecule has 0 aliphatic carbocycles. The van der Waals surface area contributed by atoms with E-state index in [0.29, 0.717) is 12.8 Å². The number of phosphoric ester groups is 1. The molecular formula is C30H48N5O14P3. The summed E-state index contributed by atoms with van der Waals surface area (Å²) in [4.78, 5) is 60.3. The van der Waals surface area contributed by atoms with Crippen LogP contribution in [0.5, 0.6) is 0 Å². The summed E-state index contributed by atoms with van der Waals surface area (Å²) < 4.78 is 55.8. The largest absolute Gasteiger partial charge is 0.490 e. The fourth-order valence-corrected chi connectivity index (χ4v) is 8.57. The van der Waals surface area contributed by atoms with Gasteiger partial charge in [0.1, 0.15) is 24.4 Å². The van der Waals surface area contributed by atoms with Crippen molar-refractivity contribution in [3.8, 4) is 0 Å². The minimum absolute atomic E-state index is 0.118. The fourth-order valence-electron chi connectivity index (χ4n) is 5.36. The summed E-state index contributed by atoms with van der Waals surface area (Å²) >= 11 is 0. The van der Waals surface area contributed by atoms with E-state index in [2.05, 4.69) is 62.6 Å². The van der Waals surface area contributed by atoms with Crippen molar-refractivity contribution in [3.63, 3.8) is 0 Å². The highest BCUT2D eigenvalue weighted by Gasteiger charge is 2.51. The first kappa shape index (κ1) is 43.8. The lowest BCUT2D eigenvalue weighted by Gasteiger charge is -2.27. The molecule has 0 spiro atoms. The fraction of sp³-hybridized carbons (Fsp3) is 0.567. The van der Waals surface area contributed by atoms with Crippen molar-refractivity contribution < 1.29 is 61.4 Å². The Labute approximate surface area is 300 Å². The molecule has 3 heterocycles. The number of nitrogens with zero attached hydrogens (tertiary/aromatic N) is 3. The number of H-pyrrole nitrogens is 1. The predicted molar refractivity (Wildman–Crippen MR) is 190 cm³/mol. The second-order valence-corrected chi connectivity index (χ2v) is 17.1. The minimum atomic E-state index is -5.87. The van der Waals surface area contributed by atoms with Gasteiger partial charge in [-0.15, -0.1) is 0 Å². The lowest BCUT2D eigenvalue weighted by atomic mass is 10.0. The monoisotopic (exact) mass is 795 g/mol. The molecule has 52 heavy (non-hydrogen) atoms. The molecule has 9 N–H and O–H groups in total. The number of fused-ring (bicyclic) bond motifs is 1. The van der Waals surface area contributed by atoms with Gasteiger partial charge in [-0.2, -0.15) is 13.6 Å². The second-order valence-electron chi connectivity index (χ2n) is 12.8. The van der Waals surface area contributed by atoms with Gasteiger partial charge < -0.3 is 40.3 Å². The summed E-state index contributed by atoms with van der Waals surface area (Å²) in [7, 11) is -17.2. The molecule has 0 aromatic carbocycles. The zero-order chi connectivity index (χ0) is 39.0. The van der Waals surface area contributed by atoms with Crippen molar-refractivity contribution in [1.29, 1.82) is 0 Å². The molecule has 1 saturated heterocycles. The van der Waals surface area contributed by atoms with E-state index in [1.165, 1.54) is 16.7 Å². The average Bonchev–Trinajstić information content (AvgIpc) is 3.53. The number of aromatic nitrogens is 4. The van der Waals surface area contributed by atoms with Crippen LogP contribution in [0.4, 0.5) is 5.95 Å². The Bertz CT molecular complexity index is 1880. The number of anilines is 1. The molecule has 0 radical (unpaired) electrons. The van der Waals surface area contributed by atoms with E-state index in [4.69, 9.17) is 24.8 Å². The Morgan fingerprint density at radius 3 is 2.02 bits per heavy atom. The van der Waals surface area contributed by atoms with Crippen LogP contribution < -0.4 is 11.3 Å². The van der Waals surface area contributed by atoms with E-state index in [-0.39, 0.29) is 23.5 Å². The standard InChI is InChI=1S/C30H48N5O14P3/c1-18(2)9-6-10-19(3)11-7-12-20(4)13-8-14-21(5)15-16-22(47-51(42,43)49-52(44,45)48-50(39,40)41)26-24(36)25(37)29(46-26)35-17-32-23-27(35)33-30(31)34-28(23)38/h9,11,13,15,17,22,24-26,29,36-37H,6-8,10,12,14,16H2,1-5H3,(H,42,43)(H,44,45)(H2,39,40,41)(H3,31,33,34,38)/t22?,24-,25+,26+,29+/m0/s1. The van der Waals surface area contributed by atoms with Gasteiger partial charge in [0.25, 0.3) is 5.56 Å². The van der Waals surface area contributed by atoms with Crippen LogP contribution >= 0.6 is 23.5 Å². The number of imidazole rings is 1. The van der Waals surface area contributed by atoms with Crippen molar-refractivity contribution in [3.05, 3.63) is 63.3 Å². The smallest absolute Gasteiger partial charge is 0.387 e. The van der Waals surface area contributed by atoms with Crippen molar-refractivity contribution >= 4 is 40.6 Å². The Morgan fingerprint density at radius 1 is 0.904 bits per heavy atom. The summed E-state index contributed by atoms with van der Waals surface area (Å²) in [6, 6.07) is 0. The van der Waals surface area contributed by atoms with Crippen LogP contribution in [-0.4, -0.2) is 73.7 Å². The van der Waals surface area contributed by atoms with E-state index in [9.17, 15) is 38.5 Å². The van der Waals surface area contributed by atoms with E-state index >= 15 is 0 Å². The molecule has 0 amide bonds. The van der Waals surface area contributed by atoms with Crippen LogP contribution in [0.25, 0.3) is 11.2 Å². The van der Waals surface area contributed by atoms with Crippen molar-refractivity contribution in [2.24, 2.45) is 0 Å². The third-order valence-corrected chi connectivity index (χ3v) is 11.8. The third kappa shape index (κ3) is 13.7. The molecule has 2 aromatic rings. The van der Waals surface area contributed by atoms with Gasteiger partial charge in [0, 0.05) is 0 Å². The van der Waals surface area contributed by atoms with Gasteiger partial charge in [0.15, 0.2) is 17.4 Å². The molecule has 19 nitrogen and oxygen atoms in total. The summed E-state index contributed by atoms with van der Waals surface area (Å²) in [5.41, 5.74) is 9.27. The molecule has 3 rings (SSSR count). The van der Waals surface area contributed by atoms with Gasteiger partial charge >= 0.3 is 23.5 Å². The maximum Gasteiger partial charge on any atom is 0.490 e. The van der Waals surface area contributed by atoms with Crippen LogP contribution in [0, 0.1) is 0 Å². The van der Waals surface area contributed by atoms with E-state index < -0.39 is 59.7 Å². The number of nitrogens with one attached hydrogen (secondary N) is 1. The van der Waals surface area contributed by atoms with Gasteiger partial charge in [-0.3, -0.25) is 18.9 Å². The van der Waals surface area contributed by atoms with Crippen LogP contribution in [0.2, 0.25) is 0 Å². The zero-order valence-corrected chi connectivity index (χ0v) is 32.1. The molecule has 7 atom stereocenters. The maximum atomic E-state index is 12.9. The van der Waals surface area contributed by atoms with Gasteiger partial charge in [-0.1, -0.05) is 46.6 Å². The Hall–Kier alpha value is -2.60. The first-order valence-corrected chi connectivity index (χ1v) is 20.8. The lowest BCUT2D eigenvalue weighted by Crippen LogP contribution is -2.39. The van der Waals surface area contributed by atoms with Gasteiger partial charge in [-0.05, 0) is 79.6 Å². The normalized spacial score (nSPS) is 23.4. The number of hydrogen-bond donors (Lipinski definition) is 8. The Balaban J connectivity index is 1.77. The summed E-state index contributed by atoms with van der Waals surface area (Å²) in [6.07, 6.45) is 5.59. The quantitative estimate of drug-likeness (QED) is 0.0713. The average molecular weight is 796 g/mol. The van der Waals surface area contributed by atoms with Gasteiger partial charge in [0.2, 0.25) is 5.95 Å². The summed E-state index contributed by atoms with van der Waals surface area (Å²) in [5, 5.41) is 22.0. The van der Waals surface area contributed by atoms with Crippen LogP contribution in [0.1, 0.15) is 85.8 Å². The molecule has 0 bridgehead atoms. The second kappa shape index (κ2) is 18.6. The zero-order valence-electron chi connectivity index (χ0n) is 29.4. The number of nitrogen functional groups attached to an aromatic ring is 1. The van der Waals surface area contributed by atoms with Gasteiger partial charge in [0.05, 0.1) is 6.33 Å². The number of allylic oxidation sites excluding steroid dienone is 7. The van der Waals surface area contributed by atoms with Crippen LogP contribution in [-0.2, 0) is 31.6 Å². The van der Waals surface area contributed by atoms with Crippen LogP contribution in [0.15, 0.2) is 57.7 Å². The molecule has 3 unspecified atom stereocenters. The predicted octanol–water partition coefficient (Wildman–Crippen LogP) is 4.57. The highest BCUT2D eigenvalue weighted by Crippen LogP contribution is 2.67. The highest BCUT2D eigenvalue weighted by molar-refractivity contribution is 7.66. The number of aromatic amines is 1. The van der Waals surface area contributed by atoms with Crippen LogP contribution in [0.3, 0.4) is 0 Å². The number of rotatable bonds is 19. The molecule has 0 saturated carbocycles. The minimum Gasteiger partial charge on any atom is -0.387 e. The Kier molecular flexibility index (Phi) is 15.7. The molecule has 1 aliphatic heterocycles. The molecule has 1 fully saturated rings. The maximum absolute atomic E-state index is 12.9. The lowest BCUT2D eigenvalue weighted by molar-refractivity contribution is -0.0798. The van der Waals surface area contributed by atoms with E-state index in [1.54, 1.807) is 13.0 Å². The number of phosphoric acid groups is 3. The SMILES string of the molecule is CC(C)=CCCC(C)=CCCC(C)=CCCC(C)=CCC(OP(=O)(O)OP(=O)(O)OP(=O)(O)O)[C@H]1O[C@@H](n2cnc3c(=O)[nH]c(N)nc32)[C@H](O)[C@@H]1O. The molecule has 2 aromatic heterocycles. The van der Waals surface area contributed by atoms with Crippen molar-refractivity contribution in [1.82, 2.24) is 19.5 Å². The van der Waals surface area contributed by atoms with E-state index in [1.807, 2.05) is 6.92 Å². The van der Waals surface area contributed by atoms with E-state index in [0.717, 1.165) is 42.2 Å². The molecule has 292 valence electrons. The first-order valence-electron chi connectivity index (χ1n) is 16.2. The molecule has 1 aliphatic rings. The molecular weight excluding hydrogens is 747 g/mol. The highest BCUT2D eigenvalue weighted by atomic mass is 31.3. The summed E-state index contributed by atoms with van der Waals surface area (Å²) in [6.45, 7) is 10.1. The number of ether oxygens (including phenoxy) is 1.